The van der Waals surface area contributed by atoms with Crippen molar-refractivity contribution in [1.29, 1.82) is 0 Å². The monoisotopic (exact) mass is 252 g/mol. The third kappa shape index (κ3) is 5.39. The van der Waals surface area contributed by atoms with Crippen LogP contribution in [0.2, 0.25) is 0 Å². The Morgan fingerprint density at radius 2 is 2.06 bits per heavy atom. The number of halogens is 3. The van der Waals surface area contributed by atoms with Crippen molar-refractivity contribution in [2.45, 2.75) is 32.4 Å². The fraction of sp³-hybridized carbons (Fsp3) is 0.909. The third-order valence-corrected chi connectivity index (χ3v) is 3.04. The molecular formula is C11H19F3N2O. The van der Waals surface area contributed by atoms with Gasteiger partial charge in [-0.2, -0.15) is 13.2 Å². The molecule has 1 aliphatic rings. The molecular weight excluding hydrogens is 233 g/mol. The zero-order valence-electron chi connectivity index (χ0n) is 9.94. The minimum absolute atomic E-state index is 0.0439. The van der Waals surface area contributed by atoms with Crippen molar-refractivity contribution < 1.29 is 18.0 Å². The first-order chi connectivity index (χ1) is 7.90. The van der Waals surface area contributed by atoms with Crippen LogP contribution < -0.4 is 10.6 Å². The highest BCUT2D eigenvalue weighted by molar-refractivity contribution is 5.79. The molecule has 0 aromatic rings. The van der Waals surface area contributed by atoms with Crippen LogP contribution in [-0.4, -0.2) is 31.7 Å². The Labute approximate surface area is 99.1 Å². The lowest BCUT2D eigenvalue weighted by atomic mass is 9.97. The van der Waals surface area contributed by atoms with Crippen LogP contribution in [0.1, 0.15) is 26.2 Å². The maximum atomic E-state index is 11.8. The first-order valence-corrected chi connectivity index (χ1v) is 5.95. The highest BCUT2D eigenvalue weighted by Gasteiger charge is 2.29. The van der Waals surface area contributed by atoms with E-state index in [-0.39, 0.29) is 18.2 Å². The minimum atomic E-state index is -4.09. The quantitative estimate of drug-likeness (QED) is 0.731. The first kappa shape index (κ1) is 14.3. The van der Waals surface area contributed by atoms with Gasteiger partial charge in [-0.25, -0.2) is 0 Å². The third-order valence-electron chi connectivity index (χ3n) is 3.04. The van der Waals surface area contributed by atoms with Gasteiger partial charge in [0.15, 0.2) is 0 Å². The van der Waals surface area contributed by atoms with Crippen molar-refractivity contribution in [2.24, 2.45) is 11.8 Å². The molecule has 17 heavy (non-hydrogen) atoms. The molecule has 2 atom stereocenters. The normalized spacial score (nSPS) is 24.9. The standard InChI is InChI=1S/C11H19F3N2O/c1-8-6-15-7-9(8)10(17)16-5-3-2-4-11(12,13)14/h8-9,15H,2-7H2,1H3,(H,16,17). The number of hydrogen-bond acceptors (Lipinski definition) is 2. The molecule has 1 heterocycles. The summed E-state index contributed by atoms with van der Waals surface area (Å²) in [5.41, 5.74) is 0. The molecule has 1 amide bonds. The zero-order valence-corrected chi connectivity index (χ0v) is 9.94. The molecule has 1 aliphatic heterocycles. The fourth-order valence-electron chi connectivity index (χ4n) is 1.95. The molecule has 0 bridgehead atoms. The summed E-state index contributed by atoms with van der Waals surface area (Å²) in [7, 11) is 0. The molecule has 0 aromatic heterocycles. The molecule has 3 nitrogen and oxygen atoms in total. The van der Waals surface area contributed by atoms with Gasteiger partial charge in [-0.1, -0.05) is 6.92 Å². The molecule has 0 radical (unpaired) electrons. The van der Waals surface area contributed by atoms with Crippen molar-refractivity contribution in [2.75, 3.05) is 19.6 Å². The number of amides is 1. The average molecular weight is 252 g/mol. The van der Waals surface area contributed by atoms with Gasteiger partial charge in [-0.15, -0.1) is 0 Å². The second-order valence-electron chi connectivity index (χ2n) is 4.61. The molecule has 100 valence electrons. The molecule has 1 rings (SSSR count). The molecule has 2 unspecified atom stereocenters. The van der Waals surface area contributed by atoms with Crippen LogP contribution in [0.25, 0.3) is 0 Å². The molecule has 0 spiro atoms. The maximum absolute atomic E-state index is 11.8. The first-order valence-electron chi connectivity index (χ1n) is 5.95. The molecule has 1 fully saturated rings. The summed E-state index contributed by atoms with van der Waals surface area (Å²) in [6.45, 7) is 3.81. The van der Waals surface area contributed by atoms with Gasteiger partial charge in [0, 0.05) is 19.5 Å². The van der Waals surface area contributed by atoms with E-state index in [0.29, 0.717) is 25.4 Å². The summed E-state index contributed by atoms with van der Waals surface area (Å²) in [4.78, 5) is 11.6. The number of rotatable bonds is 5. The molecule has 0 aliphatic carbocycles. The Balaban J connectivity index is 2.08. The van der Waals surface area contributed by atoms with E-state index in [1.54, 1.807) is 0 Å². The number of hydrogen-bond donors (Lipinski definition) is 2. The van der Waals surface area contributed by atoms with Gasteiger partial charge in [0.2, 0.25) is 5.91 Å². The highest BCUT2D eigenvalue weighted by atomic mass is 19.4. The van der Waals surface area contributed by atoms with Crippen LogP contribution in [0.4, 0.5) is 13.2 Å². The molecule has 2 N–H and O–H groups in total. The topological polar surface area (TPSA) is 41.1 Å². The van der Waals surface area contributed by atoms with Gasteiger partial charge in [-0.3, -0.25) is 4.79 Å². The largest absolute Gasteiger partial charge is 0.389 e. The van der Waals surface area contributed by atoms with Crippen LogP contribution in [0.5, 0.6) is 0 Å². The highest BCUT2D eigenvalue weighted by Crippen LogP contribution is 2.22. The van der Waals surface area contributed by atoms with Gasteiger partial charge >= 0.3 is 6.18 Å². The van der Waals surface area contributed by atoms with Crippen molar-refractivity contribution in [3.8, 4) is 0 Å². The Morgan fingerprint density at radius 1 is 1.35 bits per heavy atom. The number of carbonyl (C=O) groups is 1. The van der Waals surface area contributed by atoms with E-state index in [0.717, 1.165) is 6.54 Å². The maximum Gasteiger partial charge on any atom is 0.389 e. The van der Waals surface area contributed by atoms with E-state index < -0.39 is 12.6 Å². The second-order valence-corrected chi connectivity index (χ2v) is 4.61. The average Bonchev–Trinajstić information content (AvgIpc) is 2.62. The lowest BCUT2D eigenvalue weighted by Gasteiger charge is -2.14. The van der Waals surface area contributed by atoms with Crippen LogP contribution in [0.3, 0.4) is 0 Å². The van der Waals surface area contributed by atoms with Crippen molar-refractivity contribution in [1.82, 2.24) is 10.6 Å². The van der Waals surface area contributed by atoms with E-state index in [2.05, 4.69) is 10.6 Å². The Morgan fingerprint density at radius 3 is 2.59 bits per heavy atom. The van der Waals surface area contributed by atoms with Gasteiger partial charge in [0.25, 0.3) is 0 Å². The van der Waals surface area contributed by atoms with E-state index in [1.807, 2.05) is 6.92 Å². The summed E-state index contributed by atoms with van der Waals surface area (Å²) in [5, 5.41) is 5.81. The van der Waals surface area contributed by atoms with Gasteiger partial charge in [0.1, 0.15) is 0 Å². The van der Waals surface area contributed by atoms with Crippen LogP contribution in [-0.2, 0) is 4.79 Å². The second kappa shape index (κ2) is 6.23. The van der Waals surface area contributed by atoms with Crippen molar-refractivity contribution in [3.63, 3.8) is 0 Å². The zero-order chi connectivity index (χ0) is 12.9. The minimum Gasteiger partial charge on any atom is -0.356 e. The van der Waals surface area contributed by atoms with Crippen LogP contribution >= 0.6 is 0 Å². The molecule has 6 heteroatoms. The number of carbonyl (C=O) groups excluding carboxylic acids is 1. The lowest BCUT2D eigenvalue weighted by Crippen LogP contribution is -2.34. The molecule has 1 saturated heterocycles. The fourth-order valence-corrected chi connectivity index (χ4v) is 1.95. The van der Waals surface area contributed by atoms with Crippen molar-refractivity contribution >= 4 is 5.91 Å². The van der Waals surface area contributed by atoms with Crippen LogP contribution in [0, 0.1) is 11.8 Å². The number of nitrogens with one attached hydrogen (secondary N) is 2. The van der Waals surface area contributed by atoms with Crippen LogP contribution in [0.15, 0.2) is 0 Å². The summed E-state index contributed by atoms with van der Waals surface area (Å²) >= 11 is 0. The number of unbranched alkanes of at least 4 members (excludes halogenated alkanes) is 1. The van der Waals surface area contributed by atoms with E-state index in [4.69, 9.17) is 0 Å². The number of alkyl halides is 3. The Hall–Kier alpha value is -0.780. The van der Waals surface area contributed by atoms with Gasteiger partial charge < -0.3 is 10.6 Å². The summed E-state index contributed by atoms with van der Waals surface area (Å²) < 4.78 is 35.5. The summed E-state index contributed by atoms with van der Waals surface area (Å²) in [5.74, 6) is 0.206. The van der Waals surface area contributed by atoms with Gasteiger partial charge in [-0.05, 0) is 25.3 Å². The Kier molecular flexibility index (Phi) is 5.24. The Bertz CT molecular complexity index is 256. The molecule has 0 saturated carbocycles. The van der Waals surface area contributed by atoms with E-state index in [1.165, 1.54) is 0 Å². The smallest absolute Gasteiger partial charge is 0.356 e. The van der Waals surface area contributed by atoms with Crippen molar-refractivity contribution in [3.05, 3.63) is 0 Å². The summed E-state index contributed by atoms with van der Waals surface area (Å²) in [6, 6.07) is 0. The predicted octanol–water partition coefficient (Wildman–Crippen LogP) is 1.69. The lowest BCUT2D eigenvalue weighted by molar-refractivity contribution is -0.135. The van der Waals surface area contributed by atoms with E-state index in [9.17, 15) is 18.0 Å². The van der Waals surface area contributed by atoms with E-state index >= 15 is 0 Å². The van der Waals surface area contributed by atoms with Gasteiger partial charge in [0.05, 0.1) is 5.92 Å². The molecule has 0 aromatic carbocycles. The predicted molar refractivity (Wildman–Crippen MR) is 58.4 cm³/mol. The SMILES string of the molecule is CC1CNCC1C(=O)NCCCCC(F)(F)F. The summed E-state index contributed by atoms with van der Waals surface area (Å²) in [6.07, 6.45) is -4.42.